The number of carbonyl (C=O) groups is 2. The normalized spacial score (nSPS) is 31.1. The Bertz CT molecular complexity index is 689. The van der Waals surface area contributed by atoms with E-state index in [1.807, 2.05) is 6.07 Å². The van der Waals surface area contributed by atoms with Crippen molar-refractivity contribution in [2.24, 2.45) is 29.6 Å². The van der Waals surface area contributed by atoms with Crippen LogP contribution in [0.1, 0.15) is 85.1 Å². The summed E-state index contributed by atoms with van der Waals surface area (Å²) in [7, 11) is 0. The highest BCUT2D eigenvalue weighted by Gasteiger charge is 2.56. The Morgan fingerprint density at radius 3 is 2.32 bits per heavy atom. The first-order chi connectivity index (χ1) is 12.1. The molecule has 134 valence electrons. The molecule has 0 radical (unpaired) electrons. The van der Waals surface area contributed by atoms with Gasteiger partial charge in [-0.1, -0.05) is 51.7 Å². The molecule has 2 fully saturated rings. The summed E-state index contributed by atoms with van der Waals surface area (Å²) >= 11 is 0. The van der Waals surface area contributed by atoms with E-state index < -0.39 is 0 Å². The van der Waals surface area contributed by atoms with Gasteiger partial charge in [-0.3, -0.25) is 9.59 Å². The van der Waals surface area contributed by atoms with Crippen LogP contribution in [0.2, 0.25) is 0 Å². The van der Waals surface area contributed by atoms with E-state index in [9.17, 15) is 9.59 Å². The fraction of sp³-hybridized carbons (Fsp3) is 0.652. The standard InChI is InChI=1S/C23H30O2/c1-3-5-6-14(4-2)11-15-7-10-18-19(12-15)23(25)21-17-9-8-16(13-17)20(21)22(18)24/h7,10,12,14,16-17,20-21H,3-6,8-9,11,13H2,1-2H3. The van der Waals surface area contributed by atoms with Crippen LogP contribution in [0.25, 0.3) is 0 Å². The minimum absolute atomic E-state index is 0.00227. The molecular weight excluding hydrogens is 308 g/mol. The van der Waals surface area contributed by atoms with E-state index in [1.165, 1.54) is 31.2 Å². The zero-order valence-corrected chi connectivity index (χ0v) is 15.6. The van der Waals surface area contributed by atoms with Crippen molar-refractivity contribution in [2.75, 3.05) is 0 Å². The topological polar surface area (TPSA) is 34.1 Å². The van der Waals surface area contributed by atoms with Gasteiger partial charge in [0.25, 0.3) is 0 Å². The molecule has 0 amide bonds. The molecule has 0 heterocycles. The summed E-state index contributed by atoms with van der Waals surface area (Å²) in [4.78, 5) is 26.2. The van der Waals surface area contributed by atoms with Crippen LogP contribution in [-0.2, 0) is 6.42 Å². The molecular formula is C23H30O2. The molecule has 1 aromatic carbocycles. The summed E-state index contributed by atoms with van der Waals surface area (Å²) in [5, 5.41) is 0. The molecule has 4 rings (SSSR count). The average molecular weight is 338 g/mol. The van der Waals surface area contributed by atoms with Crippen molar-refractivity contribution in [2.45, 2.75) is 65.2 Å². The Kier molecular flexibility index (Phi) is 4.56. The van der Waals surface area contributed by atoms with Gasteiger partial charge in [0.2, 0.25) is 0 Å². The predicted molar refractivity (Wildman–Crippen MR) is 99.9 cm³/mol. The third-order valence-corrected chi connectivity index (χ3v) is 7.20. The highest BCUT2D eigenvalue weighted by molar-refractivity contribution is 6.16. The van der Waals surface area contributed by atoms with E-state index in [0.717, 1.165) is 31.2 Å². The van der Waals surface area contributed by atoms with E-state index in [1.54, 1.807) is 0 Å². The van der Waals surface area contributed by atoms with E-state index in [0.29, 0.717) is 23.3 Å². The third-order valence-electron chi connectivity index (χ3n) is 7.20. The van der Waals surface area contributed by atoms with Crippen molar-refractivity contribution in [1.29, 1.82) is 0 Å². The fourth-order valence-corrected chi connectivity index (χ4v) is 5.82. The molecule has 5 unspecified atom stereocenters. The minimum atomic E-state index is -0.00364. The Morgan fingerprint density at radius 2 is 1.68 bits per heavy atom. The second-order valence-electron chi connectivity index (χ2n) is 8.61. The van der Waals surface area contributed by atoms with Crippen molar-refractivity contribution in [3.63, 3.8) is 0 Å². The van der Waals surface area contributed by atoms with E-state index in [-0.39, 0.29) is 23.4 Å². The molecule has 25 heavy (non-hydrogen) atoms. The van der Waals surface area contributed by atoms with Crippen LogP contribution in [0.5, 0.6) is 0 Å². The molecule has 2 saturated carbocycles. The fourth-order valence-electron chi connectivity index (χ4n) is 5.82. The van der Waals surface area contributed by atoms with Crippen LogP contribution in [0.3, 0.4) is 0 Å². The molecule has 3 aliphatic rings. The molecule has 0 N–H and O–H groups in total. The Hall–Kier alpha value is -1.44. The molecule has 0 aliphatic heterocycles. The van der Waals surface area contributed by atoms with Crippen LogP contribution < -0.4 is 0 Å². The second-order valence-corrected chi connectivity index (χ2v) is 8.61. The lowest BCUT2D eigenvalue weighted by atomic mass is 9.67. The van der Waals surface area contributed by atoms with Crippen molar-refractivity contribution < 1.29 is 9.59 Å². The number of hydrogen-bond donors (Lipinski definition) is 0. The highest BCUT2D eigenvalue weighted by atomic mass is 16.1. The van der Waals surface area contributed by atoms with Crippen LogP contribution in [0.15, 0.2) is 18.2 Å². The van der Waals surface area contributed by atoms with Gasteiger partial charge >= 0.3 is 0 Å². The summed E-state index contributed by atoms with van der Waals surface area (Å²) in [6.07, 6.45) is 9.37. The molecule has 1 aromatic rings. The first-order valence-corrected chi connectivity index (χ1v) is 10.3. The van der Waals surface area contributed by atoms with E-state index >= 15 is 0 Å². The van der Waals surface area contributed by atoms with Crippen molar-refractivity contribution in [3.8, 4) is 0 Å². The van der Waals surface area contributed by atoms with Crippen molar-refractivity contribution >= 4 is 11.6 Å². The first kappa shape index (κ1) is 17.0. The minimum Gasteiger partial charge on any atom is -0.294 e. The van der Waals surface area contributed by atoms with E-state index in [2.05, 4.69) is 26.0 Å². The summed E-state index contributed by atoms with van der Waals surface area (Å²) in [5.41, 5.74) is 2.69. The van der Waals surface area contributed by atoms with Gasteiger partial charge in [-0.05, 0) is 55.1 Å². The lowest BCUT2D eigenvalue weighted by Crippen LogP contribution is -2.40. The number of Topliss-reactive ketones (excluding diaryl/α,β-unsaturated/α-hetero) is 2. The molecule has 0 aromatic heterocycles. The van der Waals surface area contributed by atoms with Gasteiger partial charge in [-0.2, -0.15) is 0 Å². The number of fused-ring (bicyclic) bond motifs is 6. The van der Waals surface area contributed by atoms with Crippen LogP contribution in [0, 0.1) is 29.6 Å². The van der Waals surface area contributed by atoms with Gasteiger partial charge in [-0.15, -0.1) is 0 Å². The van der Waals surface area contributed by atoms with Gasteiger partial charge in [0.15, 0.2) is 11.6 Å². The van der Waals surface area contributed by atoms with Gasteiger partial charge < -0.3 is 0 Å². The van der Waals surface area contributed by atoms with Gasteiger partial charge in [0.05, 0.1) is 0 Å². The molecule has 2 heteroatoms. The summed E-state index contributed by atoms with van der Waals surface area (Å²) in [6, 6.07) is 6.12. The summed E-state index contributed by atoms with van der Waals surface area (Å²) in [6.45, 7) is 4.49. The Balaban J connectivity index is 1.60. The van der Waals surface area contributed by atoms with Crippen LogP contribution in [0.4, 0.5) is 0 Å². The van der Waals surface area contributed by atoms with Gasteiger partial charge in [-0.25, -0.2) is 0 Å². The molecule has 2 nitrogen and oxygen atoms in total. The second kappa shape index (κ2) is 6.70. The molecule has 0 spiro atoms. The maximum atomic E-state index is 13.2. The monoisotopic (exact) mass is 338 g/mol. The number of unbranched alkanes of at least 4 members (excludes halogenated alkanes) is 1. The largest absolute Gasteiger partial charge is 0.294 e. The SMILES string of the molecule is CCCCC(CC)Cc1ccc2c(c1)C(=O)C1C3CCC(C3)C1C2=O. The van der Waals surface area contributed by atoms with Gasteiger partial charge in [0, 0.05) is 23.0 Å². The van der Waals surface area contributed by atoms with Crippen LogP contribution >= 0.6 is 0 Å². The average Bonchev–Trinajstić information content (AvgIpc) is 3.24. The lowest BCUT2D eigenvalue weighted by molar-refractivity contribution is 0.0661. The molecule has 2 bridgehead atoms. The predicted octanol–water partition coefficient (Wildman–Crippen LogP) is 5.49. The zero-order valence-electron chi connectivity index (χ0n) is 15.6. The molecule has 0 saturated heterocycles. The maximum absolute atomic E-state index is 13.2. The highest BCUT2D eigenvalue weighted by Crippen LogP contribution is 2.56. The quantitative estimate of drug-likeness (QED) is 0.687. The number of benzene rings is 1. The summed E-state index contributed by atoms with van der Waals surface area (Å²) in [5.74, 6) is 2.15. The first-order valence-electron chi connectivity index (χ1n) is 10.3. The zero-order chi connectivity index (χ0) is 17.6. The number of hydrogen-bond acceptors (Lipinski definition) is 2. The third kappa shape index (κ3) is 2.78. The molecule has 5 atom stereocenters. The Labute approximate surface area is 151 Å². The van der Waals surface area contributed by atoms with Crippen molar-refractivity contribution in [1.82, 2.24) is 0 Å². The maximum Gasteiger partial charge on any atom is 0.167 e. The van der Waals surface area contributed by atoms with Crippen LogP contribution in [-0.4, -0.2) is 11.6 Å². The molecule has 3 aliphatic carbocycles. The summed E-state index contributed by atoms with van der Waals surface area (Å²) < 4.78 is 0. The Morgan fingerprint density at radius 1 is 1.00 bits per heavy atom. The van der Waals surface area contributed by atoms with Crippen molar-refractivity contribution in [3.05, 3.63) is 34.9 Å². The number of ketones is 2. The van der Waals surface area contributed by atoms with E-state index in [4.69, 9.17) is 0 Å². The number of rotatable bonds is 6. The smallest absolute Gasteiger partial charge is 0.167 e. The lowest BCUT2D eigenvalue weighted by Gasteiger charge is -2.34. The number of carbonyl (C=O) groups excluding carboxylic acids is 2. The van der Waals surface area contributed by atoms with Gasteiger partial charge in [0.1, 0.15) is 0 Å².